The van der Waals surface area contributed by atoms with Gasteiger partial charge in [-0.15, -0.1) is 0 Å². The van der Waals surface area contributed by atoms with Crippen LogP contribution in [0.1, 0.15) is 30.5 Å². The van der Waals surface area contributed by atoms with E-state index in [0.29, 0.717) is 24.1 Å². The molecule has 7 nitrogen and oxygen atoms in total. The summed E-state index contributed by atoms with van der Waals surface area (Å²) in [6, 6.07) is 13.4. The van der Waals surface area contributed by atoms with Gasteiger partial charge in [0, 0.05) is 5.92 Å². The number of fused-ring (bicyclic) bond motifs is 1. The highest BCUT2D eigenvalue weighted by Gasteiger charge is 2.36. The van der Waals surface area contributed by atoms with Crippen molar-refractivity contribution < 1.29 is 14.3 Å². The second-order valence-corrected chi connectivity index (χ2v) is 9.12. The molecule has 0 saturated carbocycles. The van der Waals surface area contributed by atoms with E-state index in [0.717, 1.165) is 16.4 Å². The zero-order chi connectivity index (χ0) is 23.5. The van der Waals surface area contributed by atoms with Gasteiger partial charge in [-0.05, 0) is 72.6 Å². The average molecular weight is 463 g/mol. The van der Waals surface area contributed by atoms with Crippen molar-refractivity contribution in [3.63, 3.8) is 0 Å². The number of aliphatic imine (C=N–C) groups is 1. The molecule has 0 atom stereocenters. The fraction of sp³-hybridized carbons (Fsp3) is 0.280. The number of ether oxygens (including phenoxy) is 2. The summed E-state index contributed by atoms with van der Waals surface area (Å²) in [5.74, 6) is 1.27. The summed E-state index contributed by atoms with van der Waals surface area (Å²) in [5, 5.41) is 15.6. The molecule has 170 valence electrons. The van der Waals surface area contributed by atoms with Gasteiger partial charge < -0.3 is 9.47 Å². The Kier molecular flexibility index (Phi) is 6.65. The minimum atomic E-state index is -0.438. The van der Waals surface area contributed by atoms with Gasteiger partial charge in [-0.3, -0.25) is 10.2 Å². The number of amides is 1. The molecule has 0 bridgehead atoms. The summed E-state index contributed by atoms with van der Waals surface area (Å²) in [5.41, 5.74) is 3.36. The number of hydrogen-bond donors (Lipinski definition) is 1. The first-order valence-corrected chi connectivity index (χ1v) is 11.6. The summed E-state index contributed by atoms with van der Waals surface area (Å²) in [6.45, 7) is 8.96. The van der Waals surface area contributed by atoms with Gasteiger partial charge in [0.05, 0.1) is 5.57 Å². The third kappa shape index (κ3) is 5.17. The number of amidine groups is 2. The number of carbonyl (C=O) groups excluding carboxylic acids is 1. The molecule has 0 radical (unpaired) electrons. The zero-order valence-electron chi connectivity index (χ0n) is 19.1. The summed E-state index contributed by atoms with van der Waals surface area (Å²) in [7, 11) is 0. The Balaban J connectivity index is 1.41. The topological polar surface area (TPSA) is 87.3 Å². The molecule has 8 heteroatoms. The van der Waals surface area contributed by atoms with Crippen LogP contribution in [-0.4, -0.2) is 40.2 Å². The van der Waals surface area contributed by atoms with Gasteiger partial charge in [0.25, 0.3) is 5.91 Å². The third-order valence-electron chi connectivity index (χ3n) is 5.23. The van der Waals surface area contributed by atoms with Crippen molar-refractivity contribution in [1.82, 2.24) is 5.01 Å². The lowest BCUT2D eigenvalue weighted by molar-refractivity contribution is -0.114. The Labute approximate surface area is 197 Å². The van der Waals surface area contributed by atoms with Crippen molar-refractivity contribution in [2.45, 2.75) is 27.7 Å². The van der Waals surface area contributed by atoms with Crippen LogP contribution in [0.2, 0.25) is 0 Å². The molecule has 1 amide bonds. The summed E-state index contributed by atoms with van der Waals surface area (Å²) in [4.78, 5) is 16.7. The molecule has 2 heterocycles. The molecule has 0 aromatic heterocycles. The van der Waals surface area contributed by atoms with Crippen LogP contribution in [0.15, 0.2) is 58.1 Å². The number of nitrogens with zero attached hydrogens (tertiary/aromatic N) is 3. The standard InChI is InChI=1S/C25H26N4O3S/c1-15(2)24-28-29-22(26)21(23(30)27-25(29)33-24)14-18-6-5-7-19(13-18)31-10-11-32-20-9-8-16(3)17(4)12-20/h5-9,12-15,26H,10-11H2,1-4H3. The quantitative estimate of drug-likeness (QED) is 0.460. The molecule has 33 heavy (non-hydrogen) atoms. The van der Waals surface area contributed by atoms with Crippen molar-refractivity contribution in [1.29, 1.82) is 5.41 Å². The third-order valence-corrected chi connectivity index (χ3v) is 6.44. The van der Waals surface area contributed by atoms with Crippen molar-refractivity contribution in [3.8, 4) is 11.5 Å². The normalized spacial score (nSPS) is 16.8. The average Bonchev–Trinajstić information content (AvgIpc) is 3.21. The number of rotatable bonds is 7. The molecule has 0 unspecified atom stereocenters. The van der Waals surface area contributed by atoms with Crippen molar-refractivity contribution in [2.24, 2.45) is 16.0 Å². The van der Waals surface area contributed by atoms with E-state index in [1.54, 1.807) is 6.08 Å². The number of nitrogens with one attached hydrogen (secondary N) is 1. The molecule has 1 N–H and O–H groups in total. The molecule has 2 aromatic rings. The highest BCUT2D eigenvalue weighted by molar-refractivity contribution is 8.27. The summed E-state index contributed by atoms with van der Waals surface area (Å²) < 4.78 is 11.6. The SMILES string of the molecule is Cc1ccc(OCCOc2cccc(C=C3C(=N)N4N=C(C(C)C)SC4=NC3=O)c2)cc1C. The van der Waals surface area contributed by atoms with Gasteiger partial charge in [0.2, 0.25) is 5.17 Å². The molecular formula is C25H26N4O3S. The van der Waals surface area contributed by atoms with Crippen LogP contribution < -0.4 is 9.47 Å². The van der Waals surface area contributed by atoms with Crippen LogP contribution in [0, 0.1) is 25.2 Å². The highest BCUT2D eigenvalue weighted by Crippen LogP contribution is 2.31. The van der Waals surface area contributed by atoms with Crippen LogP contribution in [0.4, 0.5) is 0 Å². The monoisotopic (exact) mass is 462 g/mol. The smallest absolute Gasteiger partial charge is 0.283 e. The van der Waals surface area contributed by atoms with Crippen molar-refractivity contribution in [3.05, 3.63) is 64.7 Å². The predicted octanol–water partition coefficient (Wildman–Crippen LogP) is 5.04. The predicted molar refractivity (Wildman–Crippen MR) is 133 cm³/mol. The van der Waals surface area contributed by atoms with Gasteiger partial charge in [0.1, 0.15) is 29.8 Å². The zero-order valence-corrected chi connectivity index (χ0v) is 19.9. The Morgan fingerprint density at radius 3 is 2.48 bits per heavy atom. The van der Waals surface area contributed by atoms with E-state index in [-0.39, 0.29) is 17.3 Å². The van der Waals surface area contributed by atoms with Gasteiger partial charge in [-0.1, -0.05) is 32.0 Å². The molecule has 0 fully saturated rings. The molecular weight excluding hydrogens is 436 g/mol. The first-order chi connectivity index (χ1) is 15.8. The molecule has 0 spiro atoms. The van der Waals surface area contributed by atoms with E-state index < -0.39 is 5.91 Å². The molecule has 0 saturated heterocycles. The van der Waals surface area contributed by atoms with Crippen molar-refractivity contribution in [2.75, 3.05) is 13.2 Å². The maximum absolute atomic E-state index is 12.6. The first-order valence-electron chi connectivity index (χ1n) is 10.7. The van der Waals surface area contributed by atoms with Crippen LogP contribution >= 0.6 is 11.8 Å². The minimum Gasteiger partial charge on any atom is -0.490 e. The highest BCUT2D eigenvalue weighted by atomic mass is 32.2. The van der Waals surface area contributed by atoms with Crippen molar-refractivity contribution >= 4 is 39.8 Å². The van der Waals surface area contributed by atoms with E-state index in [1.807, 2.05) is 56.3 Å². The Morgan fingerprint density at radius 1 is 1.06 bits per heavy atom. The lowest BCUT2D eigenvalue weighted by Gasteiger charge is -2.20. The van der Waals surface area contributed by atoms with Gasteiger partial charge in [0.15, 0.2) is 5.84 Å². The molecule has 2 aliphatic heterocycles. The minimum absolute atomic E-state index is 0.0289. The lowest BCUT2D eigenvalue weighted by Crippen LogP contribution is -2.35. The Morgan fingerprint density at radius 2 is 1.79 bits per heavy atom. The van der Waals surface area contributed by atoms with Crippen LogP contribution in [0.3, 0.4) is 0 Å². The van der Waals surface area contributed by atoms with Crippen LogP contribution in [0.5, 0.6) is 11.5 Å². The second-order valence-electron chi connectivity index (χ2n) is 8.13. The second kappa shape index (κ2) is 9.62. The number of thioether (sulfide) groups is 1. The number of benzene rings is 2. The summed E-state index contributed by atoms with van der Waals surface area (Å²) >= 11 is 1.34. The fourth-order valence-corrected chi connectivity index (χ4v) is 4.12. The van der Waals surface area contributed by atoms with Gasteiger partial charge in [-0.25, -0.2) is 0 Å². The first kappa shape index (κ1) is 22.8. The summed E-state index contributed by atoms with van der Waals surface area (Å²) in [6.07, 6.45) is 1.65. The number of hydrogen-bond acceptors (Lipinski definition) is 6. The largest absolute Gasteiger partial charge is 0.490 e. The van der Waals surface area contributed by atoms with E-state index >= 15 is 0 Å². The van der Waals surface area contributed by atoms with E-state index in [4.69, 9.17) is 14.9 Å². The Hall–Kier alpha value is -3.39. The lowest BCUT2D eigenvalue weighted by atomic mass is 10.1. The van der Waals surface area contributed by atoms with E-state index in [1.165, 1.54) is 27.9 Å². The van der Waals surface area contributed by atoms with E-state index in [2.05, 4.69) is 23.9 Å². The van der Waals surface area contributed by atoms with Crippen LogP contribution in [-0.2, 0) is 4.79 Å². The Bertz CT molecular complexity index is 1200. The maximum Gasteiger partial charge on any atom is 0.283 e. The van der Waals surface area contributed by atoms with Gasteiger partial charge in [-0.2, -0.15) is 15.1 Å². The van der Waals surface area contributed by atoms with E-state index in [9.17, 15) is 4.79 Å². The molecule has 2 aromatic carbocycles. The number of hydrazone groups is 1. The number of aryl methyl sites for hydroxylation is 2. The maximum atomic E-state index is 12.6. The number of carbonyl (C=O) groups is 1. The molecule has 0 aliphatic carbocycles. The van der Waals surface area contributed by atoms with Crippen LogP contribution in [0.25, 0.3) is 6.08 Å². The van der Waals surface area contributed by atoms with Gasteiger partial charge >= 0.3 is 0 Å². The molecule has 4 rings (SSSR count). The fourth-order valence-electron chi connectivity index (χ4n) is 3.22. The molecule has 2 aliphatic rings.